The smallest absolute Gasteiger partial charge is 0.0419 e. The van der Waals surface area contributed by atoms with Gasteiger partial charge in [-0.1, -0.05) is 66.2 Å². The van der Waals surface area contributed by atoms with Crippen molar-refractivity contribution in [1.82, 2.24) is 0 Å². The van der Waals surface area contributed by atoms with Crippen LogP contribution in [0.15, 0.2) is 0 Å². The summed E-state index contributed by atoms with van der Waals surface area (Å²) in [6, 6.07) is 0. The second-order valence-electron chi connectivity index (χ2n) is 4.15. The van der Waals surface area contributed by atoms with Gasteiger partial charge in [0.1, 0.15) is 0 Å². The van der Waals surface area contributed by atoms with Crippen LogP contribution in [-0.2, 0) is 0 Å². The molecule has 12 heavy (non-hydrogen) atoms. The monoisotopic (exact) mass is 170 g/mol. The van der Waals surface area contributed by atoms with Gasteiger partial charge in [0.25, 0.3) is 0 Å². The average molecular weight is 170 g/mol. The molecule has 0 amide bonds. The van der Waals surface area contributed by atoms with Crippen LogP contribution in [0, 0.1) is 11.8 Å². The van der Waals surface area contributed by atoms with E-state index >= 15 is 0 Å². The number of hydrogen-bond donors (Lipinski definition) is 0. The van der Waals surface area contributed by atoms with Crippen molar-refractivity contribution in [2.24, 2.45) is 11.8 Å². The molecule has 0 spiro atoms. The maximum Gasteiger partial charge on any atom is -0.0419 e. The molecule has 0 heteroatoms. The summed E-state index contributed by atoms with van der Waals surface area (Å²) in [4.78, 5) is 0. The fraction of sp³-hybridized carbons (Fsp3) is 1.00. The fourth-order valence-corrected chi connectivity index (χ4v) is 1.85. The van der Waals surface area contributed by atoms with Gasteiger partial charge >= 0.3 is 0 Å². The first-order valence-electron chi connectivity index (χ1n) is 5.74. The molecule has 0 fully saturated rings. The van der Waals surface area contributed by atoms with Crippen LogP contribution in [0.25, 0.3) is 0 Å². The summed E-state index contributed by atoms with van der Waals surface area (Å²) in [5, 5.41) is 0. The van der Waals surface area contributed by atoms with Crippen LogP contribution in [0.5, 0.6) is 0 Å². The van der Waals surface area contributed by atoms with E-state index in [0.29, 0.717) is 0 Å². The fourth-order valence-electron chi connectivity index (χ4n) is 1.85. The Morgan fingerprint density at radius 3 is 1.83 bits per heavy atom. The molecule has 0 heterocycles. The van der Waals surface area contributed by atoms with Gasteiger partial charge in [0.2, 0.25) is 0 Å². The van der Waals surface area contributed by atoms with Crippen molar-refractivity contribution < 1.29 is 0 Å². The van der Waals surface area contributed by atoms with Crippen LogP contribution >= 0.6 is 0 Å². The van der Waals surface area contributed by atoms with Crippen molar-refractivity contribution in [3.8, 4) is 0 Å². The Morgan fingerprint density at radius 2 is 1.42 bits per heavy atom. The zero-order valence-electron chi connectivity index (χ0n) is 9.40. The molecular formula is C12H26. The first-order valence-corrected chi connectivity index (χ1v) is 5.74. The molecule has 0 aromatic rings. The summed E-state index contributed by atoms with van der Waals surface area (Å²) in [6.45, 7) is 9.32. The topological polar surface area (TPSA) is 0 Å². The third-order valence-corrected chi connectivity index (χ3v) is 3.00. The highest BCUT2D eigenvalue weighted by Gasteiger charge is 2.06. The van der Waals surface area contributed by atoms with Crippen molar-refractivity contribution in [2.75, 3.05) is 0 Å². The van der Waals surface area contributed by atoms with Crippen molar-refractivity contribution >= 4 is 0 Å². The molecule has 1 atom stereocenters. The van der Waals surface area contributed by atoms with E-state index in [2.05, 4.69) is 27.7 Å². The van der Waals surface area contributed by atoms with Crippen LogP contribution in [0.1, 0.15) is 66.2 Å². The molecule has 0 unspecified atom stereocenters. The lowest BCUT2D eigenvalue weighted by Crippen LogP contribution is -2.01. The molecule has 0 aliphatic carbocycles. The summed E-state index contributed by atoms with van der Waals surface area (Å²) < 4.78 is 0. The lowest BCUT2D eigenvalue weighted by Gasteiger charge is -2.15. The van der Waals surface area contributed by atoms with E-state index < -0.39 is 0 Å². The minimum Gasteiger partial charge on any atom is -0.0654 e. The van der Waals surface area contributed by atoms with Crippen LogP contribution in [0.2, 0.25) is 0 Å². The molecule has 0 nitrogen and oxygen atoms in total. The third-order valence-electron chi connectivity index (χ3n) is 3.00. The molecule has 74 valence electrons. The standard InChI is InChI=1S/C12H26/c1-5-8-11(4)9-10-12(6-2)7-3/h11-12H,5-10H2,1-4H3/t11-/m1/s1. The van der Waals surface area contributed by atoms with Gasteiger partial charge in [-0.3, -0.25) is 0 Å². The molecular weight excluding hydrogens is 144 g/mol. The molecule has 0 saturated heterocycles. The van der Waals surface area contributed by atoms with Crippen LogP contribution in [0.4, 0.5) is 0 Å². The zero-order valence-corrected chi connectivity index (χ0v) is 9.40. The van der Waals surface area contributed by atoms with Gasteiger partial charge in [-0.2, -0.15) is 0 Å². The maximum atomic E-state index is 2.39. The minimum absolute atomic E-state index is 0.954. The zero-order chi connectivity index (χ0) is 9.40. The van der Waals surface area contributed by atoms with Gasteiger partial charge in [0.05, 0.1) is 0 Å². The molecule has 0 radical (unpaired) electrons. The van der Waals surface area contributed by atoms with Gasteiger partial charge in [-0.15, -0.1) is 0 Å². The highest BCUT2D eigenvalue weighted by molar-refractivity contribution is 4.59. The van der Waals surface area contributed by atoms with E-state index in [1.54, 1.807) is 0 Å². The molecule has 0 saturated carbocycles. The largest absolute Gasteiger partial charge is 0.0654 e. The van der Waals surface area contributed by atoms with Crippen LogP contribution in [0.3, 0.4) is 0 Å². The Bertz CT molecular complexity index is 82.0. The maximum absolute atomic E-state index is 2.39. The van der Waals surface area contributed by atoms with E-state index in [1.807, 2.05) is 0 Å². The van der Waals surface area contributed by atoms with E-state index in [-0.39, 0.29) is 0 Å². The minimum atomic E-state index is 0.954. The lowest BCUT2D eigenvalue weighted by molar-refractivity contribution is 0.377. The van der Waals surface area contributed by atoms with Crippen molar-refractivity contribution in [1.29, 1.82) is 0 Å². The average Bonchev–Trinajstić information content (AvgIpc) is 2.07. The van der Waals surface area contributed by atoms with Crippen LogP contribution in [-0.4, -0.2) is 0 Å². The normalized spacial score (nSPS) is 13.8. The lowest BCUT2D eigenvalue weighted by atomic mass is 9.91. The third kappa shape index (κ3) is 5.62. The predicted octanol–water partition coefficient (Wildman–Crippen LogP) is 4.64. The van der Waals surface area contributed by atoms with Gasteiger partial charge in [-0.05, 0) is 11.8 Å². The Balaban J connectivity index is 3.37. The SMILES string of the molecule is CCC[C@@H](C)CCC(CC)CC. The van der Waals surface area contributed by atoms with Gasteiger partial charge in [0, 0.05) is 0 Å². The quantitative estimate of drug-likeness (QED) is 0.522. The van der Waals surface area contributed by atoms with Gasteiger partial charge in [-0.25, -0.2) is 0 Å². The van der Waals surface area contributed by atoms with E-state index in [9.17, 15) is 0 Å². The molecule has 0 aliphatic rings. The van der Waals surface area contributed by atoms with Gasteiger partial charge < -0.3 is 0 Å². The Kier molecular flexibility index (Phi) is 7.64. The molecule has 0 aromatic heterocycles. The van der Waals surface area contributed by atoms with E-state index in [4.69, 9.17) is 0 Å². The van der Waals surface area contributed by atoms with E-state index in [0.717, 1.165) is 11.8 Å². The van der Waals surface area contributed by atoms with Crippen molar-refractivity contribution in [3.05, 3.63) is 0 Å². The highest BCUT2D eigenvalue weighted by atomic mass is 14.1. The summed E-state index contributed by atoms with van der Waals surface area (Å²) in [6.07, 6.45) is 8.41. The highest BCUT2D eigenvalue weighted by Crippen LogP contribution is 2.20. The summed E-state index contributed by atoms with van der Waals surface area (Å²) in [7, 11) is 0. The Morgan fingerprint density at radius 1 is 0.833 bits per heavy atom. The summed E-state index contributed by atoms with van der Waals surface area (Å²) >= 11 is 0. The Labute approximate surface area is 78.8 Å². The molecule has 0 bridgehead atoms. The predicted molar refractivity (Wildman–Crippen MR) is 57.4 cm³/mol. The first kappa shape index (κ1) is 12.0. The van der Waals surface area contributed by atoms with Gasteiger partial charge in [0.15, 0.2) is 0 Å². The van der Waals surface area contributed by atoms with Crippen molar-refractivity contribution in [3.63, 3.8) is 0 Å². The molecule has 0 aromatic carbocycles. The second kappa shape index (κ2) is 7.64. The molecule has 0 rings (SSSR count). The number of hydrogen-bond acceptors (Lipinski definition) is 0. The summed E-state index contributed by atoms with van der Waals surface area (Å²) in [5.41, 5.74) is 0. The Hall–Kier alpha value is 0. The summed E-state index contributed by atoms with van der Waals surface area (Å²) in [5.74, 6) is 1.94. The first-order chi connectivity index (χ1) is 5.74. The number of rotatable bonds is 7. The molecule has 0 aliphatic heterocycles. The second-order valence-corrected chi connectivity index (χ2v) is 4.15. The van der Waals surface area contributed by atoms with Crippen molar-refractivity contribution in [2.45, 2.75) is 66.2 Å². The van der Waals surface area contributed by atoms with Crippen LogP contribution < -0.4 is 0 Å². The molecule has 0 N–H and O–H groups in total. The van der Waals surface area contributed by atoms with E-state index in [1.165, 1.54) is 38.5 Å².